The smallest absolute Gasteiger partial charge is 0.325 e. The Morgan fingerprint density at radius 1 is 1.24 bits per heavy atom. The van der Waals surface area contributed by atoms with Crippen LogP contribution < -0.4 is 10.6 Å². The zero-order valence-corrected chi connectivity index (χ0v) is 8.83. The van der Waals surface area contributed by atoms with Crippen LogP contribution in [-0.2, 0) is 4.79 Å². The normalized spacial score (nSPS) is 11.7. The first-order valence-electron chi connectivity index (χ1n) is 4.65. The zero-order chi connectivity index (χ0) is 13.0. The molecule has 0 fully saturated rings. The van der Waals surface area contributed by atoms with Gasteiger partial charge in [0, 0.05) is 11.8 Å². The van der Waals surface area contributed by atoms with Crippen molar-refractivity contribution in [2.24, 2.45) is 0 Å². The second kappa shape index (κ2) is 5.24. The van der Waals surface area contributed by atoms with Crippen molar-refractivity contribution < 1.29 is 23.5 Å². The Morgan fingerprint density at radius 2 is 1.76 bits per heavy atom. The first kappa shape index (κ1) is 12.9. The predicted octanol–water partition coefficient (Wildman–Crippen LogP) is 1.56. The van der Waals surface area contributed by atoms with Gasteiger partial charge in [0.25, 0.3) is 0 Å². The average Bonchev–Trinajstić information content (AvgIpc) is 2.14. The van der Waals surface area contributed by atoms with Crippen molar-refractivity contribution in [3.05, 3.63) is 29.8 Å². The summed E-state index contributed by atoms with van der Waals surface area (Å²) in [7, 11) is 0. The van der Waals surface area contributed by atoms with E-state index < -0.39 is 29.7 Å². The van der Waals surface area contributed by atoms with Crippen LogP contribution in [0.2, 0.25) is 0 Å². The number of carbonyl (C=O) groups excluding carboxylic acids is 1. The summed E-state index contributed by atoms with van der Waals surface area (Å²) in [6.45, 7) is 1.26. The van der Waals surface area contributed by atoms with E-state index in [9.17, 15) is 18.4 Å². The minimum Gasteiger partial charge on any atom is -0.480 e. The van der Waals surface area contributed by atoms with Gasteiger partial charge in [-0.2, -0.15) is 0 Å². The molecule has 0 aromatic heterocycles. The summed E-state index contributed by atoms with van der Waals surface area (Å²) < 4.78 is 25.5. The molecule has 2 amide bonds. The molecule has 0 heterocycles. The highest BCUT2D eigenvalue weighted by molar-refractivity contribution is 5.92. The fourth-order valence-corrected chi connectivity index (χ4v) is 1.05. The lowest BCUT2D eigenvalue weighted by atomic mass is 10.3. The molecule has 1 rings (SSSR count). The van der Waals surface area contributed by atoms with Gasteiger partial charge in [-0.15, -0.1) is 0 Å². The number of nitrogens with one attached hydrogen (secondary N) is 2. The minimum absolute atomic E-state index is 0.0995. The highest BCUT2D eigenvalue weighted by Gasteiger charge is 2.14. The van der Waals surface area contributed by atoms with Crippen molar-refractivity contribution in [3.8, 4) is 0 Å². The van der Waals surface area contributed by atoms with E-state index in [1.165, 1.54) is 6.92 Å². The number of carboxylic acids is 1. The van der Waals surface area contributed by atoms with Gasteiger partial charge in [-0.1, -0.05) is 0 Å². The van der Waals surface area contributed by atoms with Crippen molar-refractivity contribution in [2.45, 2.75) is 13.0 Å². The molecule has 5 nitrogen and oxygen atoms in total. The summed E-state index contributed by atoms with van der Waals surface area (Å²) in [6, 6.07) is 0.517. The van der Waals surface area contributed by atoms with E-state index >= 15 is 0 Å². The van der Waals surface area contributed by atoms with E-state index in [1.807, 2.05) is 0 Å². The zero-order valence-electron chi connectivity index (χ0n) is 8.83. The van der Waals surface area contributed by atoms with Gasteiger partial charge in [-0.3, -0.25) is 4.79 Å². The molecule has 0 aliphatic heterocycles. The van der Waals surface area contributed by atoms with Crippen LogP contribution in [0.4, 0.5) is 19.3 Å². The Bertz CT molecular complexity index is 431. The van der Waals surface area contributed by atoms with Crippen LogP contribution in [0.3, 0.4) is 0 Å². The third kappa shape index (κ3) is 4.06. The van der Waals surface area contributed by atoms with Crippen LogP contribution in [0.25, 0.3) is 0 Å². The second-order valence-corrected chi connectivity index (χ2v) is 3.32. The van der Waals surface area contributed by atoms with E-state index in [0.29, 0.717) is 6.07 Å². The Kier molecular flexibility index (Phi) is 3.97. The van der Waals surface area contributed by atoms with Gasteiger partial charge >= 0.3 is 12.0 Å². The van der Waals surface area contributed by atoms with Crippen LogP contribution in [0, 0.1) is 11.6 Å². The predicted molar refractivity (Wildman–Crippen MR) is 55.6 cm³/mol. The maximum Gasteiger partial charge on any atom is 0.325 e. The van der Waals surface area contributed by atoms with Crippen molar-refractivity contribution in [1.29, 1.82) is 0 Å². The lowest BCUT2D eigenvalue weighted by Gasteiger charge is -2.10. The number of carboxylic acid groups (broad SMARTS) is 1. The lowest BCUT2D eigenvalue weighted by Crippen LogP contribution is -2.40. The first-order chi connectivity index (χ1) is 7.88. The van der Waals surface area contributed by atoms with Crippen molar-refractivity contribution in [1.82, 2.24) is 5.32 Å². The number of hydrogen-bond acceptors (Lipinski definition) is 2. The average molecular weight is 244 g/mol. The summed E-state index contributed by atoms with van der Waals surface area (Å²) in [5, 5.41) is 12.7. The number of rotatable bonds is 3. The SMILES string of the molecule is C[C@@H](NC(=O)Nc1cc(F)cc(F)c1)C(=O)O. The lowest BCUT2D eigenvalue weighted by molar-refractivity contribution is -0.138. The highest BCUT2D eigenvalue weighted by Crippen LogP contribution is 2.12. The summed E-state index contributed by atoms with van der Waals surface area (Å²) in [5.74, 6) is -2.90. The molecule has 1 aromatic carbocycles. The summed E-state index contributed by atoms with van der Waals surface area (Å²) in [5.41, 5.74) is -0.0995. The monoisotopic (exact) mass is 244 g/mol. The van der Waals surface area contributed by atoms with Crippen LogP contribution in [0.1, 0.15) is 6.92 Å². The number of halogens is 2. The molecule has 7 heteroatoms. The topological polar surface area (TPSA) is 78.4 Å². The number of aliphatic carboxylic acids is 1. The molecular formula is C10H10F2N2O3. The molecule has 0 saturated heterocycles. The van der Waals surface area contributed by atoms with Crippen LogP contribution in [-0.4, -0.2) is 23.1 Å². The fraction of sp³-hybridized carbons (Fsp3) is 0.200. The molecule has 0 bridgehead atoms. The third-order valence-corrected chi connectivity index (χ3v) is 1.84. The number of carbonyl (C=O) groups is 2. The molecule has 92 valence electrons. The minimum atomic E-state index is -1.22. The molecule has 0 aliphatic rings. The first-order valence-corrected chi connectivity index (χ1v) is 4.65. The molecule has 1 atom stereocenters. The maximum atomic E-state index is 12.8. The Labute approximate surface area is 95.4 Å². The quantitative estimate of drug-likeness (QED) is 0.755. The van der Waals surface area contributed by atoms with Crippen molar-refractivity contribution in [3.63, 3.8) is 0 Å². The molecule has 0 unspecified atom stereocenters. The molecule has 1 aromatic rings. The number of anilines is 1. The van der Waals surface area contributed by atoms with Gasteiger partial charge in [-0.05, 0) is 19.1 Å². The molecule has 0 spiro atoms. The van der Waals surface area contributed by atoms with Gasteiger partial charge in [0.05, 0.1) is 0 Å². The summed E-state index contributed by atoms with van der Waals surface area (Å²) in [4.78, 5) is 21.7. The van der Waals surface area contributed by atoms with Crippen molar-refractivity contribution >= 4 is 17.7 Å². The largest absolute Gasteiger partial charge is 0.480 e. The van der Waals surface area contributed by atoms with Crippen molar-refractivity contribution in [2.75, 3.05) is 5.32 Å². The molecular weight excluding hydrogens is 234 g/mol. The third-order valence-electron chi connectivity index (χ3n) is 1.84. The van der Waals surface area contributed by atoms with Crippen LogP contribution >= 0.6 is 0 Å². The summed E-state index contributed by atoms with van der Waals surface area (Å²) in [6.07, 6.45) is 0. The van der Waals surface area contributed by atoms with Gasteiger partial charge in [-0.25, -0.2) is 13.6 Å². The Morgan fingerprint density at radius 3 is 2.24 bits per heavy atom. The molecule has 0 aliphatic carbocycles. The second-order valence-electron chi connectivity index (χ2n) is 3.32. The Balaban J connectivity index is 2.65. The molecule has 3 N–H and O–H groups in total. The standard InChI is InChI=1S/C10H10F2N2O3/c1-5(9(15)16)13-10(17)14-8-3-6(11)2-7(12)4-8/h2-5H,1H3,(H,15,16)(H2,13,14,17)/t5-/m1/s1. The van der Waals surface area contributed by atoms with Gasteiger partial charge in [0.15, 0.2) is 0 Å². The molecule has 0 radical (unpaired) electrons. The molecule has 0 saturated carbocycles. The molecule has 17 heavy (non-hydrogen) atoms. The maximum absolute atomic E-state index is 12.8. The van der Waals surface area contributed by atoms with Gasteiger partial charge in [0.2, 0.25) is 0 Å². The van der Waals surface area contributed by atoms with Crippen LogP contribution in [0.15, 0.2) is 18.2 Å². The van der Waals surface area contributed by atoms with E-state index in [-0.39, 0.29) is 5.69 Å². The van der Waals surface area contributed by atoms with E-state index in [0.717, 1.165) is 12.1 Å². The summed E-state index contributed by atoms with van der Waals surface area (Å²) >= 11 is 0. The highest BCUT2D eigenvalue weighted by atomic mass is 19.1. The number of benzene rings is 1. The van der Waals surface area contributed by atoms with E-state index in [4.69, 9.17) is 5.11 Å². The van der Waals surface area contributed by atoms with Crippen LogP contribution in [0.5, 0.6) is 0 Å². The van der Waals surface area contributed by atoms with Gasteiger partial charge < -0.3 is 15.7 Å². The number of urea groups is 1. The van der Waals surface area contributed by atoms with E-state index in [1.54, 1.807) is 0 Å². The Hall–Kier alpha value is -2.18. The fourth-order valence-electron chi connectivity index (χ4n) is 1.05. The number of amides is 2. The van der Waals surface area contributed by atoms with E-state index in [2.05, 4.69) is 10.6 Å². The number of hydrogen-bond donors (Lipinski definition) is 3. The van der Waals surface area contributed by atoms with Gasteiger partial charge in [0.1, 0.15) is 17.7 Å².